The number of para-hydroxylation sites is 1. The normalized spacial score (nSPS) is 23.4. The first-order valence-electron chi connectivity index (χ1n) is 6.76. The summed E-state index contributed by atoms with van der Waals surface area (Å²) in [6.45, 7) is 2.13. The summed E-state index contributed by atoms with van der Waals surface area (Å²) in [7, 11) is 0. The van der Waals surface area contributed by atoms with E-state index in [1.54, 1.807) is 6.07 Å². The highest BCUT2D eigenvalue weighted by atomic mass is 19.4. The van der Waals surface area contributed by atoms with Crippen molar-refractivity contribution in [3.05, 3.63) is 29.8 Å². The molecule has 1 aromatic carbocycles. The van der Waals surface area contributed by atoms with E-state index in [-0.39, 0.29) is 17.3 Å². The van der Waals surface area contributed by atoms with Crippen LogP contribution < -0.4 is 4.74 Å². The summed E-state index contributed by atoms with van der Waals surface area (Å²) >= 11 is 0. The van der Waals surface area contributed by atoms with Crippen LogP contribution in [0.2, 0.25) is 0 Å². The van der Waals surface area contributed by atoms with Crippen LogP contribution in [0.15, 0.2) is 24.3 Å². The van der Waals surface area contributed by atoms with Crippen molar-refractivity contribution in [1.29, 1.82) is 0 Å². The number of rotatable bonds is 3. The van der Waals surface area contributed by atoms with Crippen LogP contribution in [0.5, 0.6) is 5.75 Å². The minimum atomic E-state index is -4.78. The zero-order chi connectivity index (χ0) is 14.8. The summed E-state index contributed by atoms with van der Waals surface area (Å²) in [5.41, 5.74) is 0.0318. The molecule has 5 heteroatoms. The minimum absolute atomic E-state index is 0.0318. The zero-order valence-corrected chi connectivity index (χ0v) is 11.2. The Morgan fingerprint density at radius 3 is 2.35 bits per heavy atom. The van der Waals surface area contributed by atoms with Crippen molar-refractivity contribution in [3.8, 4) is 5.75 Å². The van der Waals surface area contributed by atoms with Gasteiger partial charge in [0.1, 0.15) is 5.75 Å². The number of ketones is 1. The highest BCUT2D eigenvalue weighted by Crippen LogP contribution is 2.34. The second-order valence-corrected chi connectivity index (χ2v) is 5.37. The van der Waals surface area contributed by atoms with Crippen molar-refractivity contribution in [1.82, 2.24) is 0 Å². The van der Waals surface area contributed by atoms with E-state index in [9.17, 15) is 18.0 Å². The van der Waals surface area contributed by atoms with Gasteiger partial charge in [0, 0.05) is 5.92 Å². The summed E-state index contributed by atoms with van der Waals surface area (Å²) < 4.78 is 41.0. The fourth-order valence-electron chi connectivity index (χ4n) is 2.63. The molecule has 20 heavy (non-hydrogen) atoms. The average Bonchev–Trinajstić information content (AvgIpc) is 2.37. The quantitative estimate of drug-likeness (QED) is 0.759. The van der Waals surface area contributed by atoms with Crippen molar-refractivity contribution in [2.45, 2.75) is 39.0 Å². The Bertz CT molecular complexity index is 474. The number of benzene rings is 1. The van der Waals surface area contributed by atoms with Gasteiger partial charge in [-0.15, -0.1) is 13.2 Å². The van der Waals surface area contributed by atoms with E-state index in [1.807, 2.05) is 0 Å². The molecule has 0 atom stereocenters. The van der Waals surface area contributed by atoms with Gasteiger partial charge in [0.15, 0.2) is 5.78 Å². The van der Waals surface area contributed by atoms with E-state index in [1.165, 1.54) is 18.2 Å². The lowest BCUT2D eigenvalue weighted by Gasteiger charge is -2.25. The molecule has 0 saturated heterocycles. The molecule has 0 amide bonds. The molecule has 0 N–H and O–H groups in total. The largest absolute Gasteiger partial charge is 0.573 e. The lowest BCUT2D eigenvalue weighted by molar-refractivity contribution is -0.274. The van der Waals surface area contributed by atoms with E-state index < -0.39 is 12.1 Å². The van der Waals surface area contributed by atoms with Gasteiger partial charge in [0.2, 0.25) is 0 Å². The molecule has 0 aromatic heterocycles. The molecule has 2 rings (SSSR count). The highest BCUT2D eigenvalue weighted by molar-refractivity contribution is 6.00. The third-order valence-corrected chi connectivity index (χ3v) is 3.76. The first-order valence-corrected chi connectivity index (χ1v) is 6.76. The van der Waals surface area contributed by atoms with Crippen LogP contribution in [-0.4, -0.2) is 12.1 Å². The van der Waals surface area contributed by atoms with Crippen LogP contribution in [0.1, 0.15) is 43.0 Å². The summed E-state index contributed by atoms with van der Waals surface area (Å²) in [6, 6.07) is 5.58. The number of hydrogen-bond donors (Lipinski definition) is 0. The molecule has 1 aliphatic rings. The van der Waals surface area contributed by atoms with Crippen LogP contribution in [0.3, 0.4) is 0 Å². The Labute approximate surface area is 115 Å². The van der Waals surface area contributed by atoms with E-state index in [2.05, 4.69) is 11.7 Å². The van der Waals surface area contributed by atoms with Gasteiger partial charge >= 0.3 is 6.36 Å². The van der Waals surface area contributed by atoms with Gasteiger partial charge in [-0.3, -0.25) is 4.79 Å². The van der Waals surface area contributed by atoms with Crippen molar-refractivity contribution >= 4 is 5.78 Å². The van der Waals surface area contributed by atoms with Crippen LogP contribution in [0.25, 0.3) is 0 Å². The van der Waals surface area contributed by atoms with Gasteiger partial charge in [-0.05, 0) is 30.9 Å². The van der Waals surface area contributed by atoms with E-state index in [0.717, 1.165) is 25.7 Å². The summed E-state index contributed by atoms with van der Waals surface area (Å²) in [5, 5.41) is 0. The number of ether oxygens (including phenoxy) is 1. The number of halogens is 3. The number of Topliss-reactive ketones (excluding diaryl/α,β-unsaturated/α-hetero) is 1. The van der Waals surface area contributed by atoms with E-state index in [4.69, 9.17) is 0 Å². The maximum absolute atomic E-state index is 12.4. The topological polar surface area (TPSA) is 26.3 Å². The molecule has 0 heterocycles. The minimum Gasteiger partial charge on any atom is -0.405 e. The monoisotopic (exact) mass is 286 g/mol. The third kappa shape index (κ3) is 3.74. The van der Waals surface area contributed by atoms with Gasteiger partial charge in [0.05, 0.1) is 5.56 Å². The van der Waals surface area contributed by atoms with E-state index in [0.29, 0.717) is 5.92 Å². The van der Waals surface area contributed by atoms with Gasteiger partial charge in [-0.1, -0.05) is 31.9 Å². The average molecular weight is 286 g/mol. The highest BCUT2D eigenvalue weighted by Gasteiger charge is 2.34. The molecule has 1 aromatic rings. The van der Waals surface area contributed by atoms with Gasteiger partial charge in [-0.2, -0.15) is 0 Å². The second-order valence-electron chi connectivity index (χ2n) is 5.37. The Kier molecular flexibility index (Phi) is 4.35. The number of carbonyl (C=O) groups is 1. The summed E-state index contributed by atoms with van der Waals surface area (Å²) in [4.78, 5) is 12.4. The van der Waals surface area contributed by atoms with Crippen molar-refractivity contribution in [2.24, 2.45) is 11.8 Å². The number of hydrogen-bond acceptors (Lipinski definition) is 2. The fourth-order valence-corrected chi connectivity index (χ4v) is 2.63. The predicted octanol–water partition coefficient (Wildman–Crippen LogP) is 4.59. The molecule has 0 bridgehead atoms. The molecule has 1 saturated carbocycles. The zero-order valence-electron chi connectivity index (χ0n) is 11.2. The number of alkyl halides is 3. The van der Waals surface area contributed by atoms with Gasteiger partial charge in [0.25, 0.3) is 0 Å². The Hall–Kier alpha value is -1.52. The summed E-state index contributed by atoms with van der Waals surface area (Å²) in [5.74, 6) is -0.245. The molecule has 0 spiro atoms. The molecular formula is C15H17F3O2. The molecular weight excluding hydrogens is 269 g/mol. The SMILES string of the molecule is CC1CCC(C(=O)c2ccccc2OC(F)(F)F)CC1. The van der Waals surface area contributed by atoms with Crippen molar-refractivity contribution in [3.63, 3.8) is 0 Å². The predicted molar refractivity (Wildman–Crippen MR) is 68.6 cm³/mol. The molecule has 1 fully saturated rings. The first kappa shape index (κ1) is 14.9. The Morgan fingerprint density at radius 2 is 1.75 bits per heavy atom. The fraction of sp³-hybridized carbons (Fsp3) is 0.533. The second kappa shape index (κ2) is 5.85. The summed E-state index contributed by atoms with van der Waals surface area (Å²) in [6.07, 6.45) is -1.42. The number of carbonyl (C=O) groups excluding carboxylic acids is 1. The first-order chi connectivity index (χ1) is 9.37. The maximum atomic E-state index is 12.4. The van der Waals surface area contributed by atoms with Gasteiger partial charge in [-0.25, -0.2) is 0 Å². The standard InChI is InChI=1S/C15H17F3O2/c1-10-6-8-11(9-7-10)14(19)12-4-2-3-5-13(12)20-15(16,17)18/h2-5,10-11H,6-9H2,1H3. The third-order valence-electron chi connectivity index (χ3n) is 3.76. The van der Waals surface area contributed by atoms with Crippen LogP contribution in [0.4, 0.5) is 13.2 Å². The van der Waals surface area contributed by atoms with Crippen LogP contribution in [0, 0.1) is 11.8 Å². The molecule has 1 aliphatic carbocycles. The van der Waals surface area contributed by atoms with Crippen LogP contribution >= 0.6 is 0 Å². The lowest BCUT2D eigenvalue weighted by Crippen LogP contribution is -2.23. The Morgan fingerprint density at radius 1 is 1.15 bits per heavy atom. The molecule has 0 aliphatic heterocycles. The molecule has 0 radical (unpaired) electrons. The van der Waals surface area contributed by atoms with E-state index >= 15 is 0 Å². The maximum Gasteiger partial charge on any atom is 0.573 e. The molecule has 110 valence electrons. The molecule has 2 nitrogen and oxygen atoms in total. The van der Waals surface area contributed by atoms with Gasteiger partial charge < -0.3 is 4.74 Å². The Balaban J connectivity index is 2.17. The molecule has 0 unspecified atom stereocenters. The van der Waals surface area contributed by atoms with Crippen molar-refractivity contribution < 1.29 is 22.7 Å². The van der Waals surface area contributed by atoms with Crippen LogP contribution in [-0.2, 0) is 0 Å². The van der Waals surface area contributed by atoms with Crippen molar-refractivity contribution in [2.75, 3.05) is 0 Å². The lowest BCUT2D eigenvalue weighted by atomic mass is 9.79. The smallest absolute Gasteiger partial charge is 0.405 e.